The third-order valence-electron chi connectivity index (χ3n) is 3.78. The molecule has 0 spiro atoms. The third kappa shape index (κ3) is 2.36. The van der Waals surface area contributed by atoms with Gasteiger partial charge in [0.25, 0.3) is 0 Å². The molecule has 100 valence electrons. The summed E-state index contributed by atoms with van der Waals surface area (Å²) in [6, 6.07) is 9.88. The van der Waals surface area contributed by atoms with E-state index in [9.17, 15) is 9.90 Å². The second-order valence-electron chi connectivity index (χ2n) is 5.05. The summed E-state index contributed by atoms with van der Waals surface area (Å²) in [4.78, 5) is 13.6. The average molecular weight is 259 g/mol. The summed E-state index contributed by atoms with van der Waals surface area (Å²) in [6.45, 7) is 0.400. The Hall–Kier alpha value is -1.81. The van der Waals surface area contributed by atoms with E-state index in [1.54, 1.807) is 11.0 Å². The van der Waals surface area contributed by atoms with Crippen molar-refractivity contribution in [2.24, 2.45) is 0 Å². The number of cyclic esters (lactones) is 1. The summed E-state index contributed by atoms with van der Waals surface area (Å²) < 4.78 is 5.16. The summed E-state index contributed by atoms with van der Waals surface area (Å²) in [5, 5.41) is 9.91. The van der Waals surface area contributed by atoms with E-state index in [1.165, 1.54) is 5.56 Å². The summed E-state index contributed by atoms with van der Waals surface area (Å²) in [6.07, 6.45) is 4.23. The van der Waals surface area contributed by atoms with Crippen LogP contribution < -0.4 is 0 Å². The van der Waals surface area contributed by atoms with Crippen LogP contribution in [0.25, 0.3) is 0 Å². The van der Waals surface area contributed by atoms with E-state index < -0.39 is 6.10 Å². The van der Waals surface area contributed by atoms with Gasteiger partial charge < -0.3 is 9.84 Å². The van der Waals surface area contributed by atoms with Gasteiger partial charge in [-0.3, -0.25) is 4.90 Å². The quantitative estimate of drug-likeness (QED) is 0.841. The monoisotopic (exact) mass is 259 g/mol. The van der Waals surface area contributed by atoms with E-state index in [0.29, 0.717) is 13.0 Å². The van der Waals surface area contributed by atoms with Crippen LogP contribution in [0.5, 0.6) is 0 Å². The third-order valence-corrected chi connectivity index (χ3v) is 3.78. The predicted molar refractivity (Wildman–Crippen MR) is 70.7 cm³/mol. The smallest absolute Gasteiger partial charge is 0.410 e. The number of ether oxygens (including phenoxy) is 1. The number of amides is 1. The lowest BCUT2D eigenvalue weighted by Crippen LogP contribution is -2.47. The van der Waals surface area contributed by atoms with Gasteiger partial charge in [0.1, 0.15) is 6.61 Å². The highest BCUT2D eigenvalue weighted by Crippen LogP contribution is 2.26. The summed E-state index contributed by atoms with van der Waals surface area (Å²) in [5.74, 6) is 0. The van der Waals surface area contributed by atoms with Crippen LogP contribution >= 0.6 is 0 Å². The first-order chi connectivity index (χ1) is 9.25. The first-order valence-electron chi connectivity index (χ1n) is 6.59. The van der Waals surface area contributed by atoms with Gasteiger partial charge in [0.2, 0.25) is 0 Å². The molecule has 0 saturated carbocycles. The fourth-order valence-corrected chi connectivity index (χ4v) is 2.82. The lowest BCUT2D eigenvalue weighted by atomic mass is 10.0. The molecule has 1 aromatic carbocycles. The second-order valence-corrected chi connectivity index (χ2v) is 5.05. The number of carbonyl (C=O) groups is 1. The van der Waals surface area contributed by atoms with Crippen LogP contribution in [0, 0.1) is 0 Å². The number of carbonyl (C=O) groups excluding carboxylic acids is 1. The largest absolute Gasteiger partial charge is 0.447 e. The number of rotatable bonds is 3. The van der Waals surface area contributed by atoms with Crippen LogP contribution in [0.2, 0.25) is 0 Å². The molecule has 0 unspecified atom stereocenters. The Morgan fingerprint density at radius 2 is 2.11 bits per heavy atom. The van der Waals surface area contributed by atoms with Crippen LogP contribution in [0.3, 0.4) is 0 Å². The van der Waals surface area contributed by atoms with Crippen molar-refractivity contribution in [3.05, 3.63) is 48.0 Å². The Kier molecular flexibility index (Phi) is 3.25. The van der Waals surface area contributed by atoms with Gasteiger partial charge in [0.15, 0.2) is 0 Å². The van der Waals surface area contributed by atoms with Crippen molar-refractivity contribution in [1.29, 1.82) is 0 Å². The first-order valence-corrected chi connectivity index (χ1v) is 6.59. The van der Waals surface area contributed by atoms with Crippen molar-refractivity contribution >= 4 is 6.09 Å². The van der Waals surface area contributed by atoms with Gasteiger partial charge >= 0.3 is 6.09 Å². The maximum Gasteiger partial charge on any atom is 0.410 e. The van der Waals surface area contributed by atoms with E-state index >= 15 is 0 Å². The number of nitrogens with zero attached hydrogens (tertiary/aromatic N) is 1. The molecular formula is C15H17NO3. The van der Waals surface area contributed by atoms with E-state index in [-0.39, 0.29) is 18.2 Å². The van der Waals surface area contributed by atoms with Gasteiger partial charge in [0, 0.05) is 0 Å². The molecule has 1 heterocycles. The van der Waals surface area contributed by atoms with Crippen molar-refractivity contribution in [2.75, 3.05) is 6.61 Å². The Morgan fingerprint density at radius 1 is 1.32 bits per heavy atom. The maximum absolute atomic E-state index is 11.9. The minimum absolute atomic E-state index is 0.00875. The Bertz CT molecular complexity index is 485. The molecule has 1 aliphatic carbocycles. The van der Waals surface area contributed by atoms with E-state index in [0.717, 1.165) is 6.42 Å². The molecule has 0 radical (unpaired) electrons. The molecule has 4 heteroatoms. The van der Waals surface area contributed by atoms with E-state index in [4.69, 9.17) is 4.74 Å². The lowest BCUT2D eigenvalue weighted by molar-refractivity contribution is 0.0914. The van der Waals surface area contributed by atoms with E-state index in [2.05, 4.69) is 0 Å². The van der Waals surface area contributed by atoms with Crippen LogP contribution in [0.4, 0.5) is 4.79 Å². The lowest BCUT2D eigenvalue weighted by Gasteiger charge is -2.29. The molecule has 3 rings (SSSR count). The summed E-state index contributed by atoms with van der Waals surface area (Å²) >= 11 is 0. The van der Waals surface area contributed by atoms with Crippen LogP contribution in [-0.2, 0) is 11.2 Å². The van der Waals surface area contributed by atoms with E-state index in [1.807, 2.05) is 36.4 Å². The Morgan fingerprint density at radius 3 is 2.79 bits per heavy atom. The van der Waals surface area contributed by atoms with Crippen LogP contribution in [0.1, 0.15) is 12.0 Å². The van der Waals surface area contributed by atoms with Crippen LogP contribution in [0.15, 0.2) is 42.5 Å². The van der Waals surface area contributed by atoms with Gasteiger partial charge in [-0.15, -0.1) is 0 Å². The number of benzene rings is 1. The summed E-state index contributed by atoms with van der Waals surface area (Å²) in [7, 11) is 0. The zero-order valence-corrected chi connectivity index (χ0v) is 10.6. The SMILES string of the molecule is O=C1OC[C@@H](Cc2ccccc2)N1[C@@H]1CC=C[C@@H]1O. The molecule has 2 aliphatic rings. The minimum Gasteiger partial charge on any atom is -0.447 e. The topological polar surface area (TPSA) is 49.8 Å². The zero-order valence-electron chi connectivity index (χ0n) is 10.6. The molecule has 19 heavy (non-hydrogen) atoms. The predicted octanol–water partition coefficient (Wildman–Crippen LogP) is 1.74. The van der Waals surface area contributed by atoms with Crippen molar-refractivity contribution in [1.82, 2.24) is 4.90 Å². The van der Waals surface area contributed by atoms with Crippen molar-refractivity contribution in [2.45, 2.75) is 31.0 Å². The number of aliphatic hydroxyl groups is 1. The average Bonchev–Trinajstić information content (AvgIpc) is 2.97. The van der Waals surface area contributed by atoms with Gasteiger partial charge in [-0.25, -0.2) is 4.79 Å². The number of aliphatic hydroxyl groups excluding tert-OH is 1. The van der Waals surface area contributed by atoms with Gasteiger partial charge in [-0.05, 0) is 18.4 Å². The number of hydrogen-bond donors (Lipinski definition) is 1. The molecule has 1 N–H and O–H groups in total. The van der Waals surface area contributed by atoms with Crippen molar-refractivity contribution in [3.63, 3.8) is 0 Å². The molecule has 0 bridgehead atoms. The highest BCUT2D eigenvalue weighted by molar-refractivity contribution is 5.71. The molecular weight excluding hydrogens is 242 g/mol. The fraction of sp³-hybridized carbons (Fsp3) is 0.400. The van der Waals surface area contributed by atoms with Crippen LogP contribution in [-0.4, -0.2) is 40.9 Å². The Labute approximate surface area is 112 Å². The second kappa shape index (κ2) is 5.05. The highest BCUT2D eigenvalue weighted by Gasteiger charge is 2.41. The zero-order chi connectivity index (χ0) is 13.2. The molecule has 1 fully saturated rings. The van der Waals surface area contributed by atoms with Gasteiger partial charge in [-0.1, -0.05) is 42.5 Å². The molecule has 1 aromatic rings. The summed E-state index contributed by atoms with van der Waals surface area (Å²) in [5.41, 5.74) is 1.18. The highest BCUT2D eigenvalue weighted by atomic mass is 16.6. The maximum atomic E-state index is 11.9. The van der Waals surface area contributed by atoms with Gasteiger partial charge in [0.05, 0.1) is 18.2 Å². The first kappa shape index (κ1) is 12.2. The standard InChI is InChI=1S/C15H17NO3/c17-14-8-4-7-13(14)16-12(10-19-15(16)18)9-11-5-2-1-3-6-11/h1-6,8,12-14,17H,7,9-10H2/t12-,13-,14+/m1/s1. The fourth-order valence-electron chi connectivity index (χ4n) is 2.82. The molecule has 1 saturated heterocycles. The molecule has 0 aromatic heterocycles. The van der Waals surface area contributed by atoms with Gasteiger partial charge in [-0.2, -0.15) is 0 Å². The molecule has 3 atom stereocenters. The molecule has 1 aliphatic heterocycles. The van der Waals surface area contributed by atoms with Crippen molar-refractivity contribution < 1.29 is 14.6 Å². The molecule has 4 nitrogen and oxygen atoms in total. The number of hydrogen-bond acceptors (Lipinski definition) is 3. The van der Waals surface area contributed by atoms with Crippen molar-refractivity contribution in [3.8, 4) is 0 Å². The molecule has 1 amide bonds. The Balaban J connectivity index is 1.75. The minimum atomic E-state index is -0.580. The normalized spacial score (nSPS) is 29.8.